The summed E-state index contributed by atoms with van der Waals surface area (Å²) in [7, 11) is -3.96. The number of nitrogens with zero attached hydrogens (tertiary/aromatic N) is 4. The minimum atomic E-state index is -3.96. The topological polar surface area (TPSA) is 162 Å². The van der Waals surface area contributed by atoms with Gasteiger partial charge in [-0.25, -0.2) is 18.2 Å². The highest BCUT2D eigenvalue weighted by Gasteiger charge is 2.63. The number of hydrogen-bond donors (Lipinski definition) is 2. The predicted molar refractivity (Wildman–Crippen MR) is 211 cm³/mol. The van der Waals surface area contributed by atoms with Crippen molar-refractivity contribution in [3.8, 4) is 16.6 Å². The number of amides is 3. The van der Waals surface area contributed by atoms with Gasteiger partial charge in [0.15, 0.2) is 0 Å². The van der Waals surface area contributed by atoms with Crippen molar-refractivity contribution in [1.29, 1.82) is 0 Å². The minimum absolute atomic E-state index is 0.0103. The fraction of sp³-hybridized carbons (Fsp3) is 0.625. The first-order valence-corrected chi connectivity index (χ1v) is 21.9. The molecule has 5 atom stereocenters. The van der Waals surface area contributed by atoms with E-state index in [2.05, 4.69) is 22.0 Å². The average Bonchev–Trinajstić information content (AvgIpc) is 3.85. The van der Waals surface area contributed by atoms with E-state index in [9.17, 15) is 22.8 Å². The highest BCUT2D eigenvalue weighted by molar-refractivity contribution is 7.91. The first-order valence-electron chi connectivity index (χ1n) is 19.5. The molecule has 0 spiro atoms. The Morgan fingerprint density at radius 1 is 1.11 bits per heavy atom. The van der Waals surface area contributed by atoms with Gasteiger partial charge >= 0.3 is 6.09 Å². The van der Waals surface area contributed by atoms with E-state index in [-0.39, 0.29) is 19.0 Å². The van der Waals surface area contributed by atoms with Crippen LogP contribution in [-0.4, -0.2) is 80.3 Å². The number of sulfonamides is 1. The lowest BCUT2D eigenvalue weighted by atomic mass is 9.87. The summed E-state index contributed by atoms with van der Waals surface area (Å²) in [4.78, 5) is 53.2. The summed E-state index contributed by atoms with van der Waals surface area (Å²) in [5, 5.41) is 5.93. The fourth-order valence-corrected chi connectivity index (χ4v) is 10.3. The van der Waals surface area contributed by atoms with E-state index in [4.69, 9.17) is 19.4 Å². The standard InChI is InChI=1S/C40H54N6O7S2/c1-9-26-20-40(26,35(48)44-55(50,51)39(8)18-19-39)43-33(47)32-24(4)30(21-45(32)37(49)53-38(5,6)7)52-36-42-31-27(16-13-17-29(31)46(36)23(2)3)34-41-28(22-54-34)25-14-11-10-12-15-25/h9,13,16-17,22-26,30,32H,1,10-12,14-15,18-21H2,2-8H3,(H,43,47)(H,44,48)/t24-,26-,30+,32+,40-/m1/s1. The van der Waals surface area contributed by atoms with E-state index < -0.39 is 67.8 Å². The van der Waals surface area contributed by atoms with Crippen LogP contribution in [0.4, 0.5) is 4.79 Å². The molecule has 1 saturated heterocycles. The molecule has 7 rings (SSSR count). The molecule has 3 saturated carbocycles. The molecule has 0 unspecified atom stereocenters. The largest absolute Gasteiger partial charge is 0.459 e. The molecule has 3 amide bonds. The molecule has 3 aliphatic carbocycles. The lowest BCUT2D eigenvalue weighted by Gasteiger charge is -2.30. The van der Waals surface area contributed by atoms with Gasteiger partial charge in [-0.05, 0) is 85.8 Å². The van der Waals surface area contributed by atoms with Crippen molar-refractivity contribution in [2.45, 2.75) is 140 Å². The number of benzene rings is 1. The van der Waals surface area contributed by atoms with Crippen LogP contribution in [0.2, 0.25) is 0 Å². The quantitative estimate of drug-likeness (QED) is 0.198. The number of ether oxygens (including phenoxy) is 2. The first-order chi connectivity index (χ1) is 25.9. The summed E-state index contributed by atoms with van der Waals surface area (Å²) >= 11 is 1.63. The van der Waals surface area contributed by atoms with Crippen LogP contribution in [0.5, 0.6) is 6.01 Å². The number of carbonyl (C=O) groups excluding carboxylic acids is 3. The second kappa shape index (κ2) is 14.2. The number of imidazole rings is 1. The Kier molecular flexibility index (Phi) is 10.1. The summed E-state index contributed by atoms with van der Waals surface area (Å²) in [6.07, 6.45) is 7.29. The van der Waals surface area contributed by atoms with E-state index >= 15 is 0 Å². The highest BCUT2D eigenvalue weighted by atomic mass is 32.2. The smallest absolute Gasteiger partial charge is 0.411 e. The van der Waals surface area contributed by atoms with Crippen molar-refractivity contribution in [2.75, 3.05) is 6.54 Å². The molecular formula is C40H54N6O7S2. The molecule has 4 aliphatic rings. The van der Waals surface area contributed by atoms with Gasteiger partial charge < -0.3 is 14.8 Å². The maximum Gasteiger partial charge on any atom is 0.411 e. The fourth-order valence-electron chi connectivity index (χ4n) is 8.08. The molecule has 55 heavy (non-hydrogen) atoms. The number of carbonyl (C=O) groups is 3. The number of likely N-dealkylation sites (tertiary alicyclic amines) is 1. The second-order valence-electron chi connectivity index (χ2n) is 17.4. The monoisotopic (exact) mass is 794 g/mol. The molecule has 298 valence electrons. The Morgan fingerprint density at radius 3 is 2.44 bits per heavy atom. The Labute approximate surface area is 327 Å². The molecule has 0 bridgehead atoms. The van der Waals surface area contributed by atoms with E-state index in [1.54, 1.807) is 39.0 Å². The zero-order chi connectivity index (χ0) is 39.7. The maximum absolute atomic E-state index is 14.4. The van der Waals surface area contributed by atoms with Gasteiger partial charge in [0.1, 0.15) is 33.8 Å². The van der Waals surface area contributed by atoms with Crippen molar-refractivity contribution >= 4 is 50.3 Å². The van der Waals surface area contributed by atoms with Gasteiger partial charge in [0, 0.05) is 34.7 Å². The van der Waals surface area contributed by atoms with Crippen LogP contribution in [0, 0.1) is 11.8 Å². The zero-order valence-corrected chi connectivity index (χ0v) is 34.5. The number of hydrogen-bond acceptors (Lipinski definition) is 10. The molecular weight excluding hydrogens is 741 g/mol. The lowest BCUT2D eigenvalue weighted by Crippen LogP contribution is -2.58. The minimum Gasteiger partial charge on any atom is -0.459 e. The molecule has 3 heterocycles. The summed E-state index contributed by atoms with van der Waals surface area (Å²) in [5.74, 6) is -2.02. The van der Waals surface area contributed by atoms with Gasteiger partial charge in [0.25, 0.3) is 11.9 Å². The third-order valence-electron chi connectivity index (χ3n) is 11.8. The lowest BCUT2D eigenvalue weighted by molar-refractivity contribution is -0.132. The van der Waals surface area contributed by atoms with Gasteiger partial charge in [-0.2, -0.15) is 4.98 Å². The van der Waals surface area contributed by atoms with Crippen molar-refractivity contribution in [2.24, 2.45) is 11.8 Å². The van der Waals surface area contributed by atoms with Crippen LogP contribution in [0.15, 0.2) is 36.2 Å². The molecule has 2 aromatic heterocycles. The van der Waals surface area contributed by atoms with Gasteiger partial charge in [0.05, 0.1) is 22.5 Å². The van der Waals surface area contributed by atoms with E-state index in [0.29, 0.717) is 24.8 Å². The van der Waals surface area contributed by atoms with Crippen LogP contribution in [0.1, 0.15) is 117 Å². The number of rotatable bonds is 11. The van der Waals surface area contributed by atoms with E-state index in [0.717, 1.165) is 40.1 Å². The number of nitrogens with one attached hydrogen (secondary N) is 2. The molecule has 3 aromatic rings. The molecule has 2 N–H and O–H groups in total. The van der Waals surface area contributed by atoms with Crippen LogP contribution in [0.3, 0.4) is 0 Å². The molecule has 0 radical (unpaired) electrons. The molecule has 1 aromatic carbocycles. The van der Waals surface area contributed by atoms with E-state index in [1.807, 2.05) is 43.5 Å². The van der Waals surface area contributed by atoms with Gasteiger partial charge in [-0.15, -0.1) is 17.9 Å². The van der Waals surface area contributed by atoms with Crippen LogP contribution >= 0.6 is 11.3 Å². The third-order valence-corrected chi connectivity index (χ3v) is 14.9. The number of thiazole rings is 1. The molecule has 4 fully saturated rings. The third kappa shape index (κ3) is 7.38. The Balaban J connectivity index is 1.18. The maximum atomic E-state index is 14.4. The molecule has 15 heteroatoms. The highest BCUT2D eigenvalue weighted by Crippen LogP contribution is 2.47. The number of fused-ring (bicyclic) bond motifs is 1. The Hall–Kier alpha value is -3.98. The second-order valence-corrected chi connectivity index (χ2v) is 20.5. The zero-order valence-electron chi connectivity index (χ0n) is 32.9. The number of aromatic nitrogens is 3. The van der Waals surface area contributed by atoms with Gasteiger partial charge in [0.2, 0.25) is 15.9 Å². The Morgan fingerprint density at radius 2 is 1.82 bits per heavy atom. The Bertz CT molecular complexity index is 2110. The summed E-state index contributed by atoms with van der Waals surface area (Å²) in [5.41, 5.74) is 1.33. The summed E-state index contributed by atoms with van der Waals surface area (Å²) in [6.45, 7) is 16.6. The van der Waals surface area contributed by atoms with E-state index in [1.165, 1.54) is 30.2 Å². The summed E-state index contributed by atoms with van der Waals surface area (Å²) < 4.78 is 41.8. The van der Waals surface area contributed by atoms with Crippen LogP contribution in [0.25, 0.3) is 21.6 Å². The number of para-hydroxylation sites is 1. The van der Waals surface area contributed by atoms with Crippen molar-refractivity contribution in [3.63, 3.8) is 0 Å². The van der Waals surface area contributed by atoms with Crippen LogP contribution in [-0.2, 0) is 24.3 Å². The summed E-state index contributed by atoms with van der Waals surface area (Å²) in [6, 6.07) is 5.26. The van der Waals surface area contributed by atoms with Gasteiger partial charge in [-0.1, -0.05) is 38.3 Å². The average molecular weight is 795 g/mol. The van der Waals surface area contributed by atoms with Crippen molar-refractivity contribution in [1.82, 2.24) is 29.5 Å². The SMILES string of the molecule is C=C[C@@H]1C[C@]1(NC(=O)[C@@H]1[C@H](C)[C@@H](Oc2nc3c(-c4nc(C5CCCCC5)cs4)cccc3n2C(C)C)CN1C(=O)OC(C)(C)C)C(=O)NS(=O)(=O)C1(C)CC1. The first kappa shape index (κ1) is 39.3. The normalized spacial score (nSPS) is 26.5. The van der Waals surface area contributed by atoms with Crippen molar-refractivity contribution in [3.05, 3.63) is 41.9 Å². The molecule has 1 aliphatic heterocycles. The predicted octanol–water partition coefficient (Wildman–Crippen LogP) is 6.85. The molecule has 13 nitrogen and oxygen atoms in total. The van der Waals surface area contributed by atoms with Crippen LogP contribution < -0.4 is 14.8 Å². The van der Waals surface area contributed by atoms with Gasteiger partial charge in [-0.3, -0.25) is 23.8 Å². The van der Waals surface area contributed by atoms with Crippen molar-refractivity contribution < 1.29 is 32.3 Å².